The number of aliphatic hydroxyl groups is 1. The zero-order valence-corrected chi connectivity index (χ0v) is 13.9. The lowest BCUT2D eigenvalue weighted by atomic mass is 10.00. The molecule has 1 aromatic carbocycles. The molecule has 0 atom stereocenters. The number of hydrogen-bond donors (Lipinski definition) is 1. The van der Waals surface area contributed by atoms with Crippen LogP contribution in [0.4, 0.5) is 0 Å². The van der Waals surface area contributed by atoms with Crippen LogP contribution in [0, 0.1) is 0 Å². The third kappa shape index (κ3) is 10.3. The van der Waals surface area contributed by atoms with Gasteiger partial charge in [-0.3, -0.25) is 0 Å². The molecule has 1 nitrogen and oxygen atoms in total. The van der Waals surface area contributed by atoms with Gasteiger partial charge in [-0.05, 0) is 44.6 Å². The molecule has 1 rings (SSSR count). The van der Waals surface area contributed by atoms with Crippen LogP contribution in [0.1, 0.15) is 65.2 Å². The van der Waals surface area contributed by atoms with E-state index in [9.17, 15) is 5.11 Å². The Hall–Kier alpha value is -0.470. The van der Waals surface area contributed by atoms with Gasteiger partial charge in [0.1, 0.15) is 0 Å². The summed E-state index contributed by atoms with van der Waals surface area (Å²) < 4.78 is 0. The Kier molecular flexibility index (Phi) is 9.04. The van der Waals surface area contributed by atoms with E-state index >= 15 is 0 Å². The van der Waals surface area contributed by atoms with E-state index in [2.05, 4.69) is 30.3 Å². The molecule has 0 radical (unpaired) electrons. The highest BCUT2D eigenvalue weighted by Crippen LogP contribution is 2.19. The Morgan fingerprint density at radius 3 is 2.00 bits per heavy atom. The van der Waals surface area contributed by atoms with Gasteiger partial charge < -0.3 is 5.11 Å². The first kappa shape index (κ1) is 17.6. The van der Waals surface area contributed by atoms with Crippen molar-refractivity contribution in [1.82, 2.24) is 0 Å². The first-order chi connectivity index (χ1) is 9.58. The minimum Gasteiger partial charge on any atom is -0.390 e. The monoisotopic (exact) mass is 294 g/mol. The van der Waals surface area contributed by atoms with Crippen molar-refractivity contribution in [3.05, 3.63) is 30.3 Å². The molecule has 0 heterocycles. The van der Waals surface area contributed by atoms with Crippen LogP contribution < -0.4 is 0 Å². The Bertz CT molecular complexity index is 329. The predicted molar refractivity (Wildman–Crippen MR) is 90.4 cm³/mol. The molecular formula is C18H30OS. The molecule has 0 bridgehead atoms. The third-order valence-corrected chi connectivity index (χ3v) is 4.54. The van der Waals surface area contributed by atoms with Gasteiger partial charge in [-0.15, -0.1) is 11.8 Å². The van der Waals surface area contributed by atoms with Crippen LogP contribution >= 0.6 is 11.8 Å². The lowest BCUT2D eigenvalue weighted by Gasteiger charge is -2.16. The molecule has 0 aromatic heterocycles. The lowest BCUT2D eigenvalue weighted by molar-refractivity contribution is 0.0680. The normalized spacial score (nSPS) is 11.8. The van der Waals surface area contributed by atoms with Crippen LogP contribution in [0.25, 0.3) is 0 Å². The molecule has 0 amide bonds. The molecule has 0 unspecified atom stereocenters. The summed E-state index contributed by atoms with van der Waals surface area (Å²) in [5.74, 6) is 1.24. The van der Waals surface area contributed by atoms with E-state index in [4.69, 9.17) is 0 Å². The van der Waals surface area contributed by atoms with Crippen LogP contribution in [0.2, 0.25) is 0 Å². The number of rotatable bonds is 11. The van der Waals surface area contributed by atoms with E-state index < -0.39 is 5.60 Å². The Labute approximate surface area is 129 Å². The second-order valence-corrected chi connectivity index (χ2v) is 7.37. The van der Waals surface area contributed by atoms with Crippen LogP contribution in [0.5, 0.6) is 0 Å². The van der Waals surface area contributed by atoms with E-state index in [1.165, 1.54) is 49.2 Å². The van der Waals surface area contributed by atoms with Gasteiger partial charge in [-0.1, -0.05) is 56.7 Å². The van der Waals surface area contributed by atoms with Gasteiger partial charge in [0.05, 0.1) is 5.60 Å². The smallest absolute Gasteiger partial charge is 0.0591 e. The molecule has 0 aliphatic heterocycles. The number of thioether (sulfide) groups is 1. The van der Waals surface area contributed by atoms with Crippen molar-refractivity contribution in [3.8, 4) is 0 Å². The van der Waals surface area contributed by atoms with Crippen LogP contribution in [-0.2, 0) is 0 Å². The maximum absolute atomic E-state index is 9.61. The highest BCUT2D eigenvalue weighted by atomic mass is 32.2. The summed E-state index contributed by atoms with van der Waals surface area (Å²) in [6, 6.07) is 10.7. The summed E-state index contributed by atoms with van der Waals surface area (Å²) in [6.45, 7) is 3.80. The molecule has 0 aliphatic rings. The van der Waals surface area contributed by atoms with Gasteiger partial charge in [-0.25, -0.2) is 0 Å². The summed E-state index contributed by atoms with van der Waals surface area (Å²) in [5, 5.41) is 9.61. The zero-order valence-electron chi connectivity index (χ0n) is 13.1. The summed E-state index contributed by atoms with van der Waals surface area (Å²) in [6.07, 6.45) is 10.1. The Morgan fingerprint density at radius 2 is 1.40 bits per heavy atom. The van der Waals surface area contributed by atoms with Crippen LogP contribution in [0.3, 0.4) is 0 Å². The van der Waals surface area contributed by atoms with Crippen LogP contribution in [0.15, 0.2) is 35.2 Å². The maximum Gasteiger partial charge on any atom is 0.0591 e. The standard InChI is InChI=1S/C18H30OS/c1-18(2,19)15-11-6-4-3-5-7-12-16-20-17-13-9-8-10-14-17/h8-10,13-14,19H,3-7,11-12,15-16H2,1-2H3. The maximum atomic E-state index is 9.61. The second-order valence-electron chi connectivity index (χ2n) is 6.20. The number of unbranched alkanes of at least 4 members (excludes halogenated alkanes) is 6. The molecule has 1 aromatic rings. The summed E-state index contributed by atoms with van der Waals surface area (Å²) in [4.78, 5) is 1.39. The van der Waals surface area contributed by atoms with Gasteiger partial charge in [0.2, 0.25) is 0 Å². The van der Waals surface area contributed by atoms with E-state index in [-0.39, 0.29) is 0 Å². The topological polar surface area (TPSA) is 20.2 Å². The summed E-state index contributed by atoms with van der Waals surface area (Å²) >= 11 is 1.97. The first-order valence-electron chi connectivity index (χ1n) is 7.98. The average molecular weight is 295 g/mol. The molecule has 20 heavy (non-hydrogen) atoms. The van der Waals surface area contributed by atoms with E-state index in [0.717, 1.165) is 12.8 Å². The highest BCUT2D eigenvalue weighted by molar-refractivity contribution is 7.99. The minimum absolute atomic E-state index is 0.478. The fraction of sp³-hybridized carbons (Fsp3) is 0.667. The predicted octanol–water partition coefficient (Wildman–Crippen LogP) is 5.67. The van der Waals surface area contributed by atoms with Crippen molar-refractivity contribution in [2.75, 3.05) is 5.75 Å². The fourth-order valence-electron chi connectivity index (χ4n) is 2.25. The van der Waals surface area contributed by atoms with Crippen molar-refractivity contribution in [1.29, 1.82) is 0 Å². The molecule has 1 N–H and O–H groups in total. The average Bonchev–Trinajstić information content (AvgIpc) is 2.41. The van der Waals surface area contributed by atoms with E-state index in [1.807, 2.05) is 25.6 Å². The van der Waals surface area contributed by atoms with Crippen molar-refractivity contribution >= 4 is 11.8 Å². The van der Waals surface area contributed by atoms with Gasteiger partial charge in [0.15, 0.2) is 0 Å². The highest BCUT2D eigenvalue weighted by Gasteiger charge is 2.10. The van der Waals surface area contributed by atoms with Crippen molar-refractivity contribution in [2.45, 2.75) is 75.7 Å². The molecule has 0 saturated carbocycles. The zero-order chi connectivity index (χ0) is 14.7. The molecule has 0 saturated heterocycles. The largest absolute Gasteiger partial charge is 0.390 e. The molecule has 114 valence electrons. The third-order valence-electron chi connectivity index (χ3n) is 3.44. The van der Waals surface area contributed by atoms with Gasteiger partial charge in [0, 0.05) is 4.90 Å². The number of hydrogen-bond acceptors (Lipinski definition) is 2. The second kappa shape index (κ2) is 10.3. The van der Waals surface area contributed by atoms with Crippen LogP contribution in [-0.4, -0.2) is 16.5 Å². The van der Waals surface area contributed by atoms with Crippen molar-refractivity contribution in [3.63, 3.8) is 0 Å². The molecule has 2 heteroatoms. The molecular weight excluding hydrogens is 264 g/mol. The summed E-state index contributed by atoms with van der Waals surface area (Å²) in [7, 11) is 0. The first-order valence-corrected chi connectivity index (χ1v) is 8.97. The van der Waals surface area contributed by atoms with Crippen molar-refractivity contribution in [2.24, 2.45) is 0 Å². The SMILES string of the molecule is CC(C)(O)CCCCCCCCCSc1ccccc1. The van der Waals surface area contributed by atoms with Gasteiger partial charge in [0.25, 0.3) is 0 Å². The van der Waals surface area contributed by atoms with Crippen molar-refractivity contribution < 1.29 is 5.11 Å². The Morgan fingerprint density at radius 1 is 0.850 bits per heavy atom. The van der Waals surface area contributed by atoms with E-state index in [0.29, 0.717) is 0 Å². The summed E-state index contributed by atoms with van der Waals surface area (Å²) in [5.41, 5.74) is -0.478. The minimum atomic E-state index is -0.478. The quantitative estimate of drug-likeness (QED) is 0.419. The molecule has 0 aliphatic carbocycles. The molecule has 0 fully saturated rings. The molecule has 0 spiro atoms. The number of benzene rings is 1. The van der Waals surface area contributed by atoms with E-state index in [1.54, 1.807) is 0 Å². The Balaban J connectivity index is 1.83. The van der Waals surface area contributed by atoms with Gasteiger partial charge in [-0.2, -0.15) is 0 Å². The lowest BCUT2D eigenvalue weighted by Crippen LogP contribution is -2.17. The van der Waals surface area contributed by atoms with Gasteiger partial charge >= 0.3 is 0 Å². The fourth-order valence-corrected chi connectivity index (χ4v) is 3.18.